The summed E-state index contributed by atoms with van der Waals surface area (Å²) in [4.78, 5) is 0. The van der Waals surface area contributed by atoms with Gasteiger partial charge in [-0.05, 0) is 52.2 Å². The van der Waals surface area contributed by atoms with Crippen molar-refractivity contribution in [2.24, 2.45) is 17.3 Å². The Balaban J connectivity index is 2.26. The van der Waals surface area contributed by atoms with Crippen molar-refractivity contribution in [3.8, 4) is 0 Å². The van der Waals surface area contributed by atoms with E-state index in [4.69, 9.17) is 9.47 Å². The van der Waals surface area contributed by atoms with Gasteiger partial charge in [0.2, 0.25) is 6.29 Å². The third-order valence-corrected chi connectivity index (χ3v) is 5.30. The van der Waals surface area contributed by atoms with Crippen LogP contribution in [0.1, 0.15) is 48.0 Å². The lowest BCUT2D eigenvalue weighted by molar-refractivity contribution is -0.194. The summed E-state index contributed by atoms with van der Waals surface area (Å²) in [6.45, 7) is 16.2. The molecule has 21 heavy (non-hydrogen) atoms. The van der Waals surface area contributed by atoms with Gasteiger partial charge < -0.3 is 19.9 Å². The Morgan fingerprint density at radius 2 is 2.14 bits per heavy atom. The van der Waals surface area contributed by atoms with Crippen LogP contribution < -0.4 is 5.32 Å². The highest BCUT2D eigenvalue weighted by atomic mass is 16.7. The number of hydrogen-bond acceptors (Lipinski definition) is 4. The molecule has 0 radical (unpaired) electrons. The fourth-order valence-electron chi connectivity index (χ4n) is 3.88. The maximum absolute atomic E-state index is 11.0. The van der Waals surface area contributed by atoms with Crippen LogP contribution in [0.5, 0.6) is 0 Å². The molecule has 0 bridgehead atoms. The molecule has 1 aliphatic heterocycles. The van der Waals surface area contributed by atoms with Crippen molar-refractivity contribution in [3.63, 3.8) is 0 Å². The standard InChI is InChI=1S/C17H29NO3/c1-10(2)18-13(5)21-15-14-16(6,12(4)9-20-15)8-11(3)17(14,7)19/h9-11,14-15,18-19H,5,8H2,1-4,6-7H3/t11-,14-,15-,16+,17-/m0/s1. The average molecular weight is 295 g/mol. The van der Waals surface area contributed by atoms with E-state index in [1.165, 1.54) is 5.57 Å². The van der Waals surface area contributed by atoms with Crippen molar-refractivity contribution in [2.45, 2.75) is 65.9 Å². The quantitative estimate of drug-likeness (QED) is 0.782. The van der Waals surface area contributed by atoms with E-state index in [0.29, 0.717) is 5.88 Å². The Labute approximate surface area is 128 Å². The molecule has 0 aromatic rings. The molecular formula is C17H29NO3. The Hall–Kier alpha value is -1.16. The molecule has 0 aromatic heterocycles. The smallest absolute Gasteiger partial charge is 0.248 e. The number of nitrogens with one attached hydrogen (secondary N) is 1. The van der Waals surface area contributed by atoms with Crippen LogP contribution in [0.2, 0.25) is 0 Å². The highest BCUT2D eigenvalue weighted by Crippen LogP contribution is 2.59. The molecule has 4 nitrogen and oxygen atoms in total. The van der Waals surface area contributed by atoms with Gasteiger partial charge in [-0.3, -0.25) is 0 Å². The Morgan fingerprint density at radius 3 is 2.71 bits per heavy atom. The molecule has 2 rings (SSSR count). The van der Waals surface area contributed by atoms with E-state index in [1.54, 1.807) is 6.26 Å². The summed E-state index contributed by atoms with van der Waals surface area (Å²) in [6.07, 6.45) is 2.19. The molecule has 1 heterocycles. The summed E-state index contributed by atoms with van der Waals surface area (Å²) in [5, 5.41) is 14.1. The van der Waals surface area contributed by atoms with Crippen molar-refractivity contribution < 1.29 is 14.6 Å². The predicted molar refractivity (Wildman–Crippen MR) is 83.1 cm³/mol. The fourth-order valence-corrected chi connectivity index (χ4v) is 3.88. The van der Waals surface area contributed by atoms with E-state index < -0.39 is 11.9 Å². The first-order chi connectivity index (χ1) is 9.59. The van der Waals surface area contributed by atoms with Crippen LogP contribution in [0.15, 0.2) is 24.3 Å². The summed E-state index contributed by atoms with van der Waals surface area (Å²) in [5.74, 6) is 0.561. The minimum atomic E-state index is -0.826. The van der Waals surface area contributed by atoms with Crippen LogP contribution in [0.3, 0.4) is 0 Å². The number of hydrogen-bond donors (Lipinski definition) is 2. The second-order valence-corrected chi connectivity index (χ2v) is 7.37. The van der Waals surface area contributed by atoms with E-state index in [-0.39, 0.29) is 23.3 Å². The van der Waals surface area contributed by atoms with Crippen molar-refractivity contribution in [2.75, 3.05) is 0 Å². The monoisotopic (exact) mass is 295 g/mol. The third kappa shape index (κ3) is 2.66. The fraction of sp³-hybridized carbons (Fsp3) is 0.765. The number of aliphatic hydroxyl groups is 1. The zero-order valence-corrected chi connectivity index (χ0v) is 14.1. The van der Waals surface area contributed by atoms with Gasteiger partial charge in [-0.25, -0.2) is 0 Å². The largest absolute Gasteiger partial charge is 0.462 e. The van der Waals surface area contributed by atoms with Crippen LogP contribution in [0.25, 0.3) is 0 Å². The maximum atomic E-state index is 11.0. The first kappa shape index (κ1) is 16.2. The highest BCUT2D eigenvalue weighted by Gasteiger charge is 2.62. The number of ether oxygens (including phenoxy) is 2. The van der Waals surface area contributed by atoms with Gasteiger partial charge in [0, 0.05) is 11.5 Å². The van der Waals surface area contributed by atoms with Gasteiger partial charge in [-0.15, -0.1) is 0 Å². The summed E-state index contributed by atoms with van der Waals surface area (Å²) < 4.78 is 11.6. The van der Waals surface area contributed by atoms with E-state index in [2.05, 4.69) is 32.7 Å². The van der Waals surface area contributed by atoms with Crippen molar-refractivity contribution in [3.05, 3.63) is 24.3 Å². The van der Waals surface area contributed by atoms with Crippen LogP contribution in [-0.2, 0) is 9.47 Å². The summed E-state index contributed by atoms with van der Waals surface area (Å²) >= 11 is 0. The SMILES string of the molecule is C=C(NC(C)C)O[C@@H]1OC=C(C)[C@@]2(C)C[C@H](C)[C@](C)(O)[C@@H]12. The molecule has 4 heteroatoms. The molecule has 1 aliphatic carbocycles. The molecule has 2 N–H and O–H groups in total. The molecule has 0 unspecified atom stereocenters. The van der Waals surface area contributed by atoms with Gasteiger partial charge in [0.1, 0.15) is 0 Å². The average Bonchev–Trinajstić information content (AvgIpc) is 2.50. The number of allylic oxidation sites excluding steroid dienone is 1. The lowest BCUT2D eigenvalue weighted by atomic mass is 9.70. The van der Waals surface area contributed by atoms with Gasteiger partial charge in [-0.1, -0.05) is 13.8 Å². The summed E-state index contributed by atoms with van der Waals surface area (Å²) in [6, 6.07) is 0.243. The van der Waals surface area contributed by atoms with Crippen LogP contribution >= 0.6 is 0 Å². The Kier molecular flexibility index (Phi) is 4.04. The summed E-state index contributed by atoms with van der Waals surface area (Å²) in [5.41, 5.74) is 0.233. The normalized spacial score (nSPS) is 42.1. The lowest BCUT2D eigenvalue weighted by Crippen LogP contribution is -2.50. The molecule has 0 amide bonds. The van der Waals surface area contributed by atoms with Gasteiger partial charge in [0.15, 0.2) is 5.88 Å². The number of fused-ring (bicyclic) bond motifs is 1. The molecule has 0 spiro atoms. The zero-order chi connectivity index (χ0) is 16.0. The minimum absolute atomic E-state index is 0.107. The zero-order valence-electron chi connectivity index (χ0n) is 14.1. The van der Waals surface area contributed by atoms with Gasteiger partial charge in [0.05, 0.1) is 17.8 Å². The van der Waals surface area contributed by atoms with Gasteiger partial charge in [0.25, 0.3) is 0 Å². The molecule has 0 saturated heterocycles. The van der Waals surface area contributed by atoms with Crippen LogP contribution in [-0.4, -0.2) is 23.0 Å². The molecule has 1 fully saturated rings. The maximum Gasteiger partial charge on any atom is 0.248 e. The summed E-state index contributed by atoms with van der Waals surface area (Å²) in [7, 11) is 0. The van der Waals surface area contributed by atoms with Crippen LogP contribution in [0.4, 0.5) is 0 Å². The highest BCUT2D eigenvalue weighted by molar-refractivity contribution is 5.22. The van der Waals surface area contributed by atoms with E-state index in [1.807, 2.05) is 20.8 Å². The van der Waals surface area contributed by atoms with E-state index in [9.17, 15) is 5.11 Å². The molecule has 5 atom stereocenters. The minimum Gasteiger partial charge on any atom is -0.462 e. The predicted octanol–water partition coefficient (Wildman–Crippen LogP) is 3.15. The molecule has 120 valence electrons. The molecule has 0 aromatic carbocycles. The second kappa shape index (κ2) is 5.24. The van der Waals surface area contributed by atoms with Crippen LogP contribution in [0, 0.1) is 17.3 Å². The van der Waals surface area contributed by atoms with Crippen molar-refractivity contribution in [1.29, 1.82) is 0 Å². The lowest BCUT2D eigenvalue weighted by Gasteiger charge is -2.44. The number of rotatable bonds is 4. The molecular weight excluding hydrogens is 266 g/mol. The van der Waals surface area contributed by atoms with Gasteiger partial charge in [-0.2, -0.15) is 0 Å². The second-order valence-electron chi connectivity index (χ2n) is 7.37. The first-order valence-corrected chi connectivity index (χ1v) is 7.76. The van der Waals surface area contributed by atoms with Crippen molar-refractivity contribution in [1.82, 2.24) is 5.32 Å². The van der Waals surface area contributed by atoms with Crippen molar-refractivity contribution >= 4 is 0 Å². The van der Waals surface area contributed by atoms with Gasteiger partial charge >= 0.3 is 0 Å². The third-order valence-electron chi connectivity index (χ3n) is 5.30. The van der Waals surface area contributed by atoms with E-state index >= 15 is 0 Å². The Bertz CT molecular complexity index is 455. The molecule has 2 aliphatic rings. The molecule has 1 saturated carbocycles. The Morgan fingerprint density at radius 1 is 1.52 bits per heavy atom. The first-order valence-electron chi connectivity index (χ1n) is 7.76. The van der Waals surface area contributed by atoms with E-state index in [0.717, 1.165) is 6.42 Å². The topological polar surface area (TPSA) is 50.7 Å².